The molecule has 0 fully saturated rings. The van der Waals surface area contributed by atoms with Gasteiger partial charge in [-0.1, -0.05) is 41.4 Å². The lowest BCUT2D eigenvalue weighted by atomic mass is 9.96. The Hall–Kier alpha value is -2.76. The summed E-state index contributed by atoms with van der Waals surface area (Å²) in [7, 11) is 1.55. The Morgan fingerprint density at radius 3 is 2.21 bits per heavy atom. The molecule has 3 aromatic rings. The summed E-state index contributed by atoms with van der Waals surface area (Å²) in [5.41, 5.74) is 1.59. The fraction of sp³-hybridized carbons (Fsp3) is 0.182. The second-order valence-electron chi connectivity index (χ2n) is 6.42. The lowest BCUT2D eigenvalue weighted by Crippen LogP contribution is -2.25. The molecular formula is C22H19Cl2NO4. The molecule has 1 aromatic heterocycles. The SMILES string of the molecule is CCn1c(C)c(-c2ccc(OC)cc2)c(=O)c(C(=O)O)c1-c1ccc(Cl)c(Cl)c1. The minimum atomic E-state index is -1.30. The number of carboxylic acids is 1. The highest BCUT2D eigenvalue weighted by molar-refractivity contribution is 6.42. The number of ether oxygens (including phenoxy) is 1. The van der Waals surface area contributed by atoms with Gasteiger partial charge in [-0.15, -0.1) is 0 Å². The Bertz CT molecular complexity index is 1150. The molecule has 0 aliphatic carbocycles. The molecule has 0 amide bonds. The topological polar surface area (TPSA) is 68.5 Å². The zero-order valence-corrected chi connectivity index (χ0v) is 17.6. The first-order valence-corrected chi connectivity index (χ1v) is 9.66. The maximum absolute atomic E-state index is 13.3. The summed E-state index contributed by atoms with van der Waals surface area (Å²) >= 11 is 12.2. The van der Waals surface area contributed by atoms with Crippen LogP contribution in [0, 0.1) is 6.92 Å². The first kappa shape index (κ1) is 21.0. The molecule has 0 aliphatic heterocycles. The summed E-state index contributed by atoms with van der Waals surface area (Å²) < 4.78 is 6.98. The molecule has 0 spiro atoms. The Morgan fingerprint density at radius 2 is 1.69 bits per heavy atom. The highest BCUT2D eigenvalue weighted by Crippen LogP contribution is 2.33. The Morgan fingerprint density at radius 1 is 1.07 bits per heavy atom. The Kier molecular flexibility index (Phi) is 6.01. The summed E-state index contributed by atoms with van der Waals surface area (Å²) in [6.45, 7) is 4.16. The highest BCUT2D eigenvalue weighted by Gasteiger charge is 2.25. The van der Waals surface area contributed by atoms with E-state index in [0.717, 1.165) is 0 Å². The molecule has 0 bridgehead atoms. The van der Waals surface area contributed by atoms with Gasteiger partial charge in [-0.3, -0.25) is 4.79 Å². The van der Waals surface area contributed by atoms with Crippen LogP contribution in [-0.2, 0) is 6.54 Å². The third-order valence-electron chi connectivity index (χ3n) is 4.83. The molecule has 2 aromatic carbocycles. The van der Waals surface area contributed by atoms with Crippen LogP contribution < -0.4 is 10.2 Å². The smallest absolute Gasteiger partial charge is 0.341 e. The Balaban J connectivity index is 2.40. The number of hydrogen-bond acceptors (Lipinski definition) is 3. The fourth-order valence-corrected chi connectivity index (χ4v) is 3.77. The first-order valence-electron chi connectivity index (χ1n) is 8.90. The second kappa shape index (κ2) is 8.31. The zero-order valence-electron chi connectivity index (χ0n) is 16.1. The number of rotatable bonds is 5. The molecule has 0 radical (unpaired) electrons. The fourth-order valence-electron chi connectivity index (χ4n) is 3.47. The lowest BCUT2D eigenvalue weighted by molar-refractivity contribution is 0.0695. The number of pyridine rings is 1. The molecule has 3 rings (SSSR count). The van der Waals surface area contributed by atoms with Gasteiger partial charge in [0.05, 0.1) is 22.8 Å². The largest absolute Gasteiger partial charge is 0.497 e. The summed E-state index contributed by atoms with van der Waals surface area (Å²) in [6.07, 6.45) is 0. The molecule has 0 saturated carbocycles. The number of nitrogens with zero attached hydrogens (tertiary/aromatic N) is 1. The van der Waals surface area contributed by atoms with Crippen molar-refractivity contribution in [3.63, 3.8) is 0 Å². The predicted octanol–water partition coefficient (Wildman–Crippen LogP) is 5.52. The third-order valence-corrected chi connectivity index (χ3v) is 5.57. The van der Waals surface area contributed by atoms with Crippen molar-refractivity contribution in [2.75, 3.05) is 7.11 Å². The molecule has 150 valence electrons. The minimum Gasteiger partial charge on any atom is -0.497 e. The van der Waals surface area contributed by atoms with Crippen molar-refractivity contribution in [2.24, 2.45) is 0 Å². The second-order valence-corrected chi connectivity index (χ2v) is 7.23. The summed E-state index contributed by atoms with van der Waals surface area (Å²) in [4.78, 5) is 25.5. The molecular weight excluding hydrogens is 413 g/mol. The van der Waals surface area contributed by atoms with E-state index in [4.69, 9.17) is 27.9 Å². The van der Waals surface area contributed by atoms with Gasteiger partial charge in [0.2, 0.25) is 5.43 Å². The molecule has 0 aliphatic rings. The van der Waals surface area contributed by atoms with E-state index in [1.54, 1.807) is 56.5 Å². The van der Waals surface area contributed by atoms with Crippen molar-refractivity contribution in [3.8, 4) is 28.1 Å². The number of aromatic carboxylic acids is 1. The summed E-state index contributed by atoms with van der Waals surface area (Å²) in [5, 5.41) is 10.5. The van der Waals surface area contributed by atoms with Gasteiger partial charge >= 0.3 is 5.97 Å². The van der Waals surface area contributed by atoms with Gasteiger partial charge < -0.3 is 14.4 Å². The van der Waals surface area contributed by atoms with Crippen molar-refractivity contribution in [1.29, 1.82) is 0 Å². The van der Waals surface area contributed by atoms with Crippen molar-refractivity contribution in [2.45, 2.75) is 20.4 Å². The van der Waals surface area contributed by atoms with Crippen molar-refractivity contribution in [3.05, 3.63) is 74.0 Å². The van der Waals surface area contributed by atoms with Crippen LogP contribution in [-0.4, -0.2) is 22.8 Å². The van der Waals surface area contributed by atoms with Crippen LogP contribution in [0.5, 0.6) is 5.75 Å². The number of halogens is 2. The summed E-state index contributed by atoms with van der Waals surface area (Å²) in [5.74, 6) is -0.652. The molecule has 29 heavy (non-hydrogen) atoms. The maximum Gasteiger partial charge on any atom is 0.341 e. The average molecular weight is 432 g/mol. The third kappa shape index (κ3) is 3.76. The van der Waals surface area contributed by atoms with Crippen LogP contribution in [0.2, 0.25) is 10.0 Å². The molecule has 0 unspecified atom stereocenters. The van der Waals surface area contributed by atoms with E-state index in [9.17, 15) is 14.7 Å². The lowest BCUT2D eigenvalue weighted by Gasteiger charge is -2.21. The molecule has 0 atom stereocenters. The number of methoxy groups -OCH3 is 1. The van der Waals surface area contributed by atoms with E-state index in [2.05, 4.69) is 0 Å². The molecule has 5 nitrogen and oxygen atoms in total. The van der Waals surface area contributed by atoms with Gasteiger partial charge in [-0.2, -0.15) is 0 Å². The van der Waals surface area contributed by atoms with Gasteiger partial charge in [0.25, 0.3) is 0 Å². The van der Waals surface area contributed by atoms with E-state index < -0.39 is 11.4 Å². The van der Waals surface area contributed by atoms with Crippen LogP contribution in [0.25, 0.3) is 22.4 Å². The zero-order chi connectivity index (χ0) is 21.3. The number of carbonyl (C=O) groups is 1. The van der Waals surface area contributed by atoms with E-state index in [1.807, 2.05) is 11.5 Å². The predicted molar refractivity (Wildman–Crippen MR) is 116 cm³/mol. The quantitative estimate of drug-likeness (QED) is 0.576. The molecule has 1 N–H and O–H groups in total. The first-order chi connectivity index (χ1) is 13.8. The van der Waals surface area contributed by atoms with Gasteiger partial charge in [-0.25, -0.2) is 4.79 Å². The molecule has 7 heteroatoms. The normalized spacial score (nSPS) is 10.8. The summed E-state index contributed by atoms with van der Waals surface area (Å²) in [6, 6.07) is 11.8. The maximum atomic E-state index is 13.3. The number of benzene rings is 2. The number of aromatic nitrogens is 1. The average Bonchev–Trinajstić information content (AvgIpc) is 2.70. The molecule has 0 saturated heterocycles. The van der Waals surface area contributed by atoms with Crippen molar-refractivity contribution < 1.29 is 14.6 Å². The number of carboxylic acid groups (broad SMARTS) is 1. The van der Waals surface area contributed by atoms with Crippen molar-refractivity contribution >= 4 is 29.2 Å². The molecule has 1 heterocycles. The van der Waals surface area contributed by atoms with Crippen LogP contribution >= 0.6 is 23.2 Å². The van der Waals surface area contributed by atoms with E-state index in [-0.39, 0.29) is 10.6 Å². The van der Waals surface area contributed by atoms with Gasteiger partial charge in [-0.05, 0) is 43.7 Å². The van der Waals surface area contributed by atoms with E-state index >= 15 is 0 Å². The number of hydrogen-bond donors (Lipinski definition) is 1. The van der Waals surface area contributed by atoms with Crippen LogP contribution in [0.4, 0.5) is 0 Å². The van der Waals surface area contributed by atoms with E-state index in [1.165, 1.54) is 0 Å². The Labute approximate surface area is 178 Å². The van der Waals surface area contributed by atoms with Crippen molar-refractivity contribution in [1.82, 2.24) is 4.57 Å². The standard InChI is InChI=1S/C22H19Cl2NO4/c1-4-25-12(2)18(13-5-8-15(29-3)9-6-13)21(26)19(22(27)28)20(25)14-7-10-16(23)17(24)11-14/h5-11H,4H2,1-3H3,(H,27,28). The van der Waals surface area contributed by atoms with E-state index in [0.29, 0.717) is 45.4 Å². The van der Waals surface area contributed by atoms with Gasteiger partial charge in [0.1, 0.15) is 11.3 Å². The highest BCUT2D eigenvalue weighted by atomic mass is 35.5. The van der Waals surface area contributed by atoms with Gasteiger partial charge in [0, 0.05) is 23.4 Å². The van der Waals surface area contributed by atoms with Crippen LogP contribution in [0.3, 0.4) is 0 Å². The minimum absolute atomic E-state index is 0.285. The van der Waals surface area contributed by atoms with Gasteiger partial charge in [0.15, 0.2) is 0 Å². The van der Waals surface area contributed by atoms with Crippen LogP contribution in [0.15, 0.2) is 47.3 Å². The monoisotopic (exact) mass is 431 g/mol. The van der Waals surface area contributed by atoms with Crippen LogP contribution in [0.1, 0.15) is 23.0 Å².